The summed E-state index contributed by atoms with van der Waals surface area (Å²) in [5.74, 6) is 0.771. The lowest BCUT2D eigenvalue weighted by Gasteiger charge is -2.36. The molecule has 1 saturated heterocycles. The third-order valence-electron chi connectivity index (χ3n) is 3.25. The molecule has 0 bridgehead atoms. The van der Waals surface area contributed by atoms with Crippen molar-refractivity contribution in [2.75, 3.05) is 11.5 Å². The fourth-order valence-corrected chi connectivity index (χ4v) is 3.42. The van der Waals surface area contributed by atoms with Crippen LogP contribution in [0.25, 0.3) is 0 Å². The number of carboxylic acid groups (broad SMARTS) is 1. The Bertz CT molecular complexity index is 242. The zero-order valence-corrected chi connectivity index (χ0v) is 8.86. The van der Waals surface area contributed by atoms with E-state index in [4.69, 9.17) is 0 Å². The summed E-state index contributed by atoms with van der Waals surface area (Å²) >= 11 is 1.58. The van der Waals surface area contributed by atoms with Gasteiger partial charge in [-0.15, -0.1) is 0 Å². The number of carbonyl (C=O) groups is 1. The van der Waals surface area contributed by atoms with Crippen molar-refractivity contribution >= 4 is 17.7 Å². The lowest BCUT2D eigenvalue weighted by molar-refractivity contribution is -0.152. The van der Waals surface area contributed by atoms with Gasteiger partial charge < -0.3 is 5.11 Å². The van der Waals surface area contributed by atoms with Gasteiger partial charge in [-0.1, -0.05) is 12.8 Å². The highest BCUT2D eigenvalue weighted by Crippen LogP contribution is 2.47. The Morgan fingerprint density at radius 3 is 2.71 bits per heavy atom. The van der Waals surface area contributed by atoms with Crippen LogP contribution in [0.4, 0.5) is 4.39 Å². The van der Waals surface area contributed by atoms with Crippen LogP contribution in [0.1, 0.15) is 25.7 Å². The molecule has 1 saturated carbocycles. The number of aliphatic carboxylic acids is 1. The van der Waals surface area contributed by atoms with Gasteiger partial charge in [-0.2, -0.15) is 11.8 Å². The molecule has 1 heterocycles. The average molecular weight is 218 g/mol. The topological polar surface area (TPSA) is 37.3 Å². The molecule has 1 aliphatic heterocycles. The number of halogens is 1. The van der Waals surface area contributed by atoms with Crippen molar-refractivity contribution in [1.29, 1.82) is 0 Å². The molecule has 0 radical (unpaired) electrons. The minimum Gasteiger partial charge on any atom is -0.481 e. The van der Waals surface area contributed by atoms with Crippen molar-refractivity contribution < 1.29 is 14.3 Å². The Balaban J connectivity index is 2.13. The molecule has 80 valence electrons. The summed E-state index contributed by atoms with van der Waals surface area (Å²) in [4.78, 5) is 11.2. The van der Waals surface area contributed by atoms with E-state index in [1.54, 1.807) is 11.8 Å². The number of carboxylic acids is 1. The van der Waals surface area contributed by atoms with Crippen LogP contribution in [0, 0.1) is 11.3 Å². The van der Waals surface area contributed by atoms with E-state index in [9.17, 15) is 14.3 Å². The van der Waals surface area contributed by atoms with Crippen LogP contribution in [0.3, 0.4) is 0 Å². The van der Waals surface area contributed by atoms with Gasteiger partial charge in [0.05, 0.1) is 0 Å². The lowest BCUT2D eigenvalue weighted by atomic mass is 9.78. The van der Waals surface area contributed by atoms with Gasteiger partial charge in [0.2, 0.25) is 0 Å². The molecule has 0 aromatic heterocycles. The third kappa shape index (κ3) is 1.76. The van der Waals surface area contributed by atoms with Gasteiger partial charge in [-0.25, -0.2) is 4.39 Å². The summed E-state index contributed by atoms with van der Waals surface area (Å²) in [5, 5.41) is 9.18. The maximum atomic E-state index is 13.7. The van der Waals surface area contributed by atoms with Crippen LogP contribution >= 0.6 is 11.8 Å². The van der Waals surface area contributed by atoms with Gasteiger partial charge in [0, 0.05) is 5.75 Å². The minimum atomic E-state index is -1.14. The van der Waals surface area contributed by atoms with Gasteiger partial charge in [0.15, 0.2) is 0 Å². The highest BCUT2D eigenvalue weighted by atomic mass is 32.2. The number of rotatable bonds is 3. The molecule has 0 aromatic rings. The van der Waals surface area contributed by atoms with E-state index >= 15 is 0 Å². The summed E-state index contributed by atoms with van der Waals surface area (Å²) in [7, 11) is 0. The van der Waals surface area contributed by atoms with Crippen LogP contribution in [0.15, 0.2) is 0 Å². The summed E-state index contributed by atoms with van der Waals surface area (Å²) in [6.07, 6.45) is 2.00. The summed E-state index contributed by atoms with van der Waals surface area (Å²) in [6, 6.07) is 0. The Labute approximate surface area is 87.3 Å². The van der Waals surface area contributed by atoms with E-state index in [1.165, 1.54) is 0 Å². The molecule has 1 N–H and O–H groups in total. The van der Waals surface area contributed by atoms with Crippen LogP contribution in [-0.4, -0.2) is 28.8 Å². The standard InChI is InChI=1S/C10H15FO2S/c11-8-3-4-14-6-10(8,9(12)13)5-7-1-2-7/h7-8H,1-6H2,(H,12,13). The Kier molecular flexibility index (Phi) is 2.73. The second-order valence-electron chi connectivity index (χ2n) is 4.42. The third-order valence-corrected chi connectivity index (χ3v) is 4.49. The van der Waals surface area contributed by atoms with Crippen molar-refractivity contribution in [2.24, 2.45) is 11.3 Å². The molecule has 2 fully saturated rings. The van der Waals surface area contributed by atoms with Crippen LogP contribution in [-0.2, 0) is 4.79 Å². The second-order valence-corrected chi connectivity index (χ2v) is 5.52. The van der Waals surface area contributed by atoms with E-state index < -0.39 is 17.6 Å². The maximum absolute atomic E-state index is 13.7. The minimum absolute atomic E-state index is 0.406. The number of hydrogen-bond acceptors (Lipinski definition) is 2. The number of alkyl halides is 1. The quantitative estimate of drug-likeness (QED) is 0.790. The van der Waals surface area contributed by atoms with E-state index in [2.05, 4.69) is 0 Å². The first-order chi connectivity index (χ1) is 6.65. The van der Waals surface area contributed by atoms with E-state index in [0.717, 1.165) is 18.6 Å². The van der Waals surface area contributed by atoms with Crippen molar-refractivity contribution in [3.63, 3.8) is 0 Å². The fourth-order valence-electron chi connectivity index (χ4n) is 2.11. The summed E-state index contributed by atoms with van der Waals surface area (Å²) < 4.78 is 13.7. The number of thioether (sulfide) groups is 1. The molecule has 2 rings (SSSR count). The molecule has 1 aliphatic carbocycles. The smallest absolute Gasteiger partial charge is 0.313 e. The molecule has 2 unspecified atom stereocenters. The molecule has 0 spiro atoms. The molecule has 0 aromatic carbocycles. The highest BCUT2D eigenvalue weighted by Gasteiger charge is 2.50. The van der Waals surface area contributed by atoms with Crippen LogP contribution in [0.2, 0.25) is 0 Å². The zero-order chi connectivity index (χ0) is 10.2. The SMILES string of the molecule is O=C(O)C1(CC2CC2)CSCCC1F. The predicted octanol–water partition coefficient (Wildman–Crippen LogP) is 2.33. The first kappa shape index (κ1) is 10.3. The first-order valence-corrected chi connectivity index (χ1v) is 6.26. The van der Waals surface area contributed by atoms with Gasteiger partial charge in [0.1, 0.15) is 11.6 Å². The van der Waals surface area contributed by atoms with Gasteiger partial charge in [-0.3, -0.25) is 4.79 Å². The number of hydrogen-bond donors (Lipinski definition) is 1. The summed E-state index contributed by atoms with van der Waals surface area (Å²) in [5.41, 5.74) is -1.07. The highest BCUT2D eigenvalue weighted by molar-refractivity contribution is 7.99. The van der Waals surface area contributed by atoms with E-state index in [-0.39, 0.29) is 0 Å². The van der Waals surface area contributed by atoms with Gasteiger partial charge >= 0.3 is 5.97 Å². The van der Waals surface area contributed by atoms with Crippen LogP contribution in [0.5, 0.6) is 0 Å². The lowest BCUT2D eigenvalue weighted by Crippen LogP contribution is -2.45. The van der Waals surface area contributed by atoms with Gasteiger partial charge in [0.25, 0.3) is 0 Å². The van der Waals surface area contributed by atoms with Crippen molar-refractivity contribution in [3.05, 3.63) is 0 Å². The van der Waals surface area contributed by atoms with E-state index in [0.29, 0.717) is 24.5 Å². The predicted molar refractivity (Wildman–Crippen MR) is 54.2 cm³/mol. The molecular formula is C10H15FO2S. The Morgan fingerprint density at radius 2 is 2.21 bits per heavy atom. The van der Waals surface area contributed by atoms with Crippen molar-refractivity contribution in [3.8, 4) is 0 Å². The zero-order valence-electron chi connectivity index (χ0n) is 8.04. The molecular weight excluding hydrogens is 203 g/mol. The molecule has 0 amide bonds. The van der Waals surface area contributed by atoms with Crippen molar-refractivity contribution in [1.82, 2.24) is 0 Å². The molecule has 14 heavy (non-hydrogen) atoms. The average Bonchev–Trinajstić information content (AvgIpc) is 2.92. The fraction of sp³-hybridized carbons (Fsp3) is 0.900. The molecule has 2 aliphatic rings. The first-order valence-electron chi connectivity index (χ1n) is 5.10. The maximum Gasteiger partial charge on any atom is 0.313 e. The second kappa shape index (κ2) is 3.72. The molecule has 2 atom stereocenters. The Hall–Kier alpha value is -0.250. The van der Waals surface area contributed by atoms with Gasteiger partial charge in [-0.05, 0) is 24.5 Å². The summed E-state index contributed by atoms with van der Waals surface area (Å²) in [6.45, 7) is 0. The monoisotopic (exact) mass is 218 g/mol. The molecule has 2 nitrogen and oxygen atoms in total. The normalized spacial score (nSPS) is 38.2. The largest absolute Gasteiger partial charge is 0.481 e. The molecule has 4 heteroatoms. The Morgan fingerprint density at radius 1 is 1.50 bits per heavy atom. The van der Waals surface area contributed by atoms with E-state index in [1.807, 2.05) is 0 Å². The van der Waals surface area contributed by atoms with Crippen molar-refractivity contribution in [2.45, 2.75) is 31.9 Å². The van der Waals surface area contributed by atoms with Crippen LogP contribution < -0.4 is 0 Å².